The van der Waals surface area contributed by atoms with Crippen molar-refractivity contribution < 1.29 is 81.3 Å². The number of ether oxygens (including phenoxy) is 9. The zero-order chi connectivity index (χ0) is 60.8. The second-order valence-electron chi connectivity index (χ2n) is 20.0. The number of hydrogen-bond donors (Lipinski definition) is 4. The third kappa shape index (κ3) is 16.9. The monoisotopic (exact) mass is 1190 g/mol. The number of nitrogens with zero attached hydrogens (tertiary/aromatic N) is 6. The van der Waals surface area contributed by atoms with Gasteiger partial charge in [0.05, 0.1) is 120 Å². The molecule has 27 heteroatoms. The first-order chi connectivity index (χ1) is 41.8. The minimum atomic E-state index is -1.98. The molecule has 86 heavy (non-hydrogen) atoms. The van der Waals surface area contributed by atoms with Gasteiger partial charge in [-0.05, 0) is 73.2 Å². The SMILES string of the molecule is CCc1c2c(nc3ccc(O)cc13)-c1cc3c(c(=O)n1C2)COC(=O)[C@@]3(CC)OC(=O)OCc1ccc(NC(=O)COCC(=O)NCCOCCOCCOCCOCCOCCn2nncc2CNC(=O)CCCCCN2C(=O)C=CC2=O)cc1. The van der Waals surface area contributed by atoms with Crippen molar-refractivity contribution in [2.24, 2.45) is 0 Å². The Bertz CT molecular complexity index is 3290. The summed E-state index contributed by atoms with van der Waals surface area (Å²) in [5.41, 5.74) is 3.10. The number of rotatable bonds is 36. The number of nitrogens with one attached hydrogen (secondary N) is 3. The van der Waals surface area contributed by atoms with E-state index in [1.54, 1.807) is 70.9 Å². The van der Waals surface area contributed by atoms with Crippen molar-refractivity contribution in [2.45, 2.75) is 90.8 Å². The lowest BCUT2D eigenvalue weighted by Crippen LogP contribution is -2.47. The fraction of sp³-hybridized carbons (Fsp3) is 0.475. The molecule has 6 heterocycles. The first kappa shape index (κ1) is 63.5. The summed E-state index contributed by atoms with van der Waals surface area (Å²) in [6.45, 7) is 7.37. The number of aromatic nitrogens is 5. The van der Waals surface area contributed by atoms with Gasteiger partial charge < -0.3 is 68.3 Å². The number of fused-ring (bicyclic) bond motifs is 5. The van der Waals surface area contributed by atoms with Crippen LogP contribution in [-0.4, -0.2) is 169 Å². The molecule has 0 bridgehead atoms. The van der Waals surface area contributed by atoms with E-state index in [9.17, 15) is 43.5 Å². The van der Waals surface area contributed by atoms with Crippen molar-refractivity contribution in [3.05, 3.63) is 111 Å². The Morgan fingerprint density at radius 1 is 0.733 bits per heavy atom. The maximum atomic E-state index is 14.0. The number of aryl methyl sites for hydroxylation is 1. The molecule has 5 amide bonds. The van der Waals surface area contributed by atoms with E-state index in [4.69, 9.17) is 47.6 Å². The van der Waals surface area contributed by atoms with Crippen LogP contribution in [0.2, 0.25) is 0 Å². The van der Waals surface area contributed by atoms with E-state index in [1.807, 2.05) is 6.92 Å². The van der Waals surface area contributed by atoms with E-state index in [1.165, 1.54) is 17.1 Å². The predicted molar refractivity (Wildman–Crippen MR) is 304 cm³/mol. The summed E-state index contributed by atoms with van der Waals surface area (Å²) in [5, 5.41) is 27.1. The number of aromatic hydroxyl groups is 1. The second kappa shape index (κ2) is 31.6. The van der Waals surface area contributed by atoms with Crippen LogP contribution in [0.25, 0.3) is 22.3 Å². The number of carbonyl (C=O) groups is 7. The Labute approximate surface area is 494 Å². The van der Waals surface area contributed by atoms with Gasteiger partial charge in [-0.15, -0.1) is 5.10 Å². The summed E-state index contributed by atoms with van der Waals surface area (Å²) in [6.07, 6.45) is 5.83. The molecule has 0 spiro atoms. The Kier molecular flexibility index (Phi) is 23.4. The third-order valence-electron chi connectivity index (χ3n) is 14.3. The number of phenolic OH excluding ortho intramolecular Hbond substituents is 1. The normalized spacial score (nSPS) is 14.9. The zero-order valence-corrected chi connectivity index (χ0v) is 48.1. The number of benzene rings is 2. The van der Waals surface area contributed by atoms with E-state index in [0.717, 1.165) is 22.2 Å². The van der Waals surface area contributed by atoms with Gasteiger partial charge in [-0.3, -0.25) is 33.7 Å². The van der Waals surface area contributed by atoms with Gasteiger partial charge in [0.15, 0.2) is 0 Å². The molecule has 0 radical (unpaired) electrons. The smallest absolute Gasteiger partial charge is 0.508 e. The minimum Gasteiger partial charge on any atom is -0.508 e. The van der Waals surface area contributed by atoms with Crippen LogP contribution in [0.5, 0.6) is 5.75 Å². The maximum absolute atomic E-state index is 14.0. The molecule has 3 aromatic heterocycles. The molecule has 3 aliphatic rings. The Hall–Kier alpha value is -8.47. The molecule has 0 unspecified atom stereocenters. The maximum Gasteiger partial charge on any atom is 0.510 e. The molecule has 0 aliphatic carbocycles. The van der Waals surface area contributed by atoms with Crippen LogP contribution in [0, 0.1) is 0 Å². The lowest BCUT2D eigenvalue weighted by molar-refractivity contribution is -0.175. The molecular weight excluding hydrogens is 1120 g/mol. The topological polar surface area (TPSA) is 328 Å². The highest BCUT2D eigenvalue weighted by Gasteiger charge is 2.51. The second-order valence-corrected chi connectivity index (χ2v) is 20.0. The van der Waals surface area contributed by atoms with Gasteiger partial charge in [0, 0.05) is 53.9 Å². The van der Waals surface area contributed by atoms with Crippen molar-refractivity contribution in [3.8, 4) is 17.1 Å². The van der Waals surface area contributed by atoms with E-state index in [-0.39, 0.29) is 87.1 Å². The fourth-order valence-electron chi connectivity index (χ4n) is 9.85. The van der Waals surface area contributed by atoms with Gasteiger partial charge in [-0.2, -0.15) is 0 Å². The molecular formula is C59H71N9O18. The number of cyclic esters (lactones) is 1. The van der Waals surface area contributed by atoms with Crippen LogP contribution >= 0.6 is 0 Å². The Balaban J connectivity index is 0.605. The van der Waals surface area contributed by atoms with Crippen LogP contribution in [0.15, 0.2) is 71.7 Å². The van der Waals surface area contributed by atoms with Crippen molar-refractivity contribution in [3.63, 3.8) is 0 Å². The van der Waals surface area contributed by atoms with Gasteiger partial charge in [0.25, 0.3) is 17.4 Å². The number of hydrogen-bond acceptors (Lipinski definition) is 21. The predicted octanol–water partition coefficient (Wildman–Crippen LogP) is 3.26. The molecule has 0 fully saturated rings. The molecule has 460 valence electrons. The van der Waals surface area contributed by atoms with E-state index < -0.39 is 41.7 Å². The van der Waals surface area contributed by atoms with Crippen molar-refractivity contribution in [1.29, 1.82) is 0 Å². The van der Waals surface area contributed by atoms with Crippen LogP contribution in [0.3, 0.4) is 0 Å². The van der Waals surface area contributed by atoms with Crippen molar-refractivity contribution >= 4 is 58.3 Å². The van der Waals surface area contributed by atoms with Gasteiger partial charge >= 0.3 is 12.1 Å². The van der Waals surface area contributed by atoms with Crippen molar-refractivity contribution in [1.82, 2.24) is 40.1 Å². The number of amides is 5. The molecule has 5 aromatic rings. The fourth-order valence-corrected chi connectivity index (χ4v) is 9.85. The lowest BCUT2D eigenvalue weighted by atomic mass is 9.85. The number of anilines is 1. The number of imide groups is 1. The summed E-state index contributed by atoms with van der Waals surface area (Å²) in [7, 11) is 0. The standard InChI is InChI=1S/C59H71N9O18/c1-3-43-44-30-42(69)13-14-48(44)64-55-45(43)34-67-49(55)31-47-46(56(67)75)36-84-57(76)59(47,4-2)86-58(77)85-35-39-9-11-40(12-10-39)63-52(72)38-83-37-51(71)60-17-20-78-22-24-80-26-28-82-29-27-81-25-23-79-21-19-68-41(33-62-65-68)32-61-50(70)8-6-5-7-18-66-53(73)15-16-54(66)74/h9-16,30-31,33,69H,3-8,17-29,32,34-38H2,1-2H3,(H,60,71)(H,61,70)(H,63,72)/t59-/m0/s1. The molecule has 0 saturated heterocycles. The lowest BCUT2D eigenvalue weighted by Gasteiger charge is -2.35. The number of esters is 1. The van der Waals surface area contributed by atoms with Gasteiger partial charge in [-0.1, -0.05) is 37.6 Å². The quantitative estimate of drug-likeness (QED) is 0.0249. The largest absolute Gasteiger partial charge is 0.510 e. The molecule has 4 N–H and O–H groups in total. The van der Waals surface area contributed by atoms with Gasteiger partial charge in [0.2, 0.25) is 23.3 Å². The first-order valence-corrected chi connectivity index (χ1v) is 28.5. The Morgan fingerprint density at radius 2 is 1.42 bits per heavy atom. The third-order valence-corrected chi connectivity index (χ3v) is 14.3. The summed E-state index contributed by atoms with van der Waals surface area (Å²) >= 11 is 0. The van der Waals surface area contributed by atoms with E-state index in [0.29, 0.717) is 133 Å². The van der Waals surface area contributed by atoms with E-state index >= 15 is 0 Å². The van der Waals surface area contributed by atoms with Crippen LogP contribution in [-0.2, 0) is 116 Å². The summed E-state index contributed by atoms with van der Waals surface area (Å²) in [4.78, 5) is 107. The average Bonchev–Trinajstić information content (AvgIpc) is 1.61. The van der Waals surface area contributed by atoms with E-state index in [2.05, 4.69) is 26.3 Å². The molecule has 2 aromatic carbocycles. The highest BCUT2D eigenvalue weighted by molar-refractivity contribution is 6.12. The van der Waals surface area contributed by atoms with Crippen LogP contribution in [0.4, 0.5) is 10.5 Å². The molecule has 1 atom stereocenters. The zero-order valence-electron chi connectivity index (χ0n) is 48.1. The van der Waals surface area contributed by atoms with Crippen LogP contribution in [0.1, 0.15) is 79.5 Å². The molecule has 3 aliphatic heterocycles. The average molecular weight is 1190 g/mol. The number of carbonyl (C=O) groups excluding carboxylic acids is 7. The molecule has 0 saturated carbocycles. The number of phenols is 1. The van der Waals surface area contributed by atoms with Crippen LogP contribution < -0.4 is 21.5 Å². The highest BCUT2D eigenvalue weighted by atomic mass is 16.7. The van der Waals surface area contributed by atoms with Crippen molar-refractivity contribution in [2.75, 3.05) is 97.7 Å². The van der Waals surface area contributed by atoms with Gasteiger partial charge in [-0.25, -0.2) is 19.3 Å². The summed E-state index contributed by atoms with van der Waals surface area (Å²) in [6, 6.07) is 13.0. The molecule has 8 rings (SSSR count). The highest BCUT2D eigenvalue weighted by Crippen LogP contribution is 2.42. The number of unbranched alkanes of at least 4 members (excludes halogenated alkanes) is 2. The van der Waals surface area contributed by atoms with Gasteiger partial charge in [0.1, 0.15) is 32.2 Å². The Morgan fingerprint density at radius 3 is 2.12 bits per heavy atom. The summed E-state index contributed by atoms with van der Waals surface area (Å²) < 4.78 is 52.9. The summed E-state index contributed by atoms with van der Waals surface area (Å²) in [5.74, 6) is -2.39. The first-order valence-electron chi connectivity index (χ1n) is 28.5. The minimum absolute atomic E-state index is 0.0600. The molecule has 27 nitrogen and oxygen atoms in total. The number of pyridine rings is 2.